The first-order valence-electron chi connectivity index (χ1n) is 6.93. The van der Waals surface area contributed by atoms with Gasteiger partial charge in [0.05, 0.1) is 17.3 Å². The Balaban J connectivity index is 2.16. The number of aliphatic carboxylic acids is 1. The molecule has 0 aromatic heterocycles. The highest BCUT2D eigenvalue weighted by atomic mass is 32.2. The predicted molar refractivity (Wildman–Crippen MR) is 89.2 cm³/mol. The van der Waals surface area contributed by atoms with Gasteiger partial charge in [0.15, 0.2) is 0 Å². The van der Waals surface area contributed by atoms with Crippen molar-refractivity contribution in [3.63, 3.8) is 0 Å². The van der Waals surface area contributed by atoms with E-state index in [0.29, 0.717) is 11.5 Å². The number of rotatable bonds is 5. The topological polar surface area (TPSA) is 66.8 Å². The summed E-state index contributed by atoms with van der Waals surface area (Å²) in [6.45, 7) is 4.25. The lowest BCUT2D eigenvalue weighted by Crippen LogP contribution is -2.33. The van der Waals surface area contributed by atoms with Crippen molar-refractivity contribution in [2.75, 3.05) is 13.2 Å². The number of nitrogens with zero attached hydrogens (tertiary/aromatic N) is 1. The van der Waals surface area contributed by atoms with E-state index in [1.54, 1.807) is 6.08 Å². The van der Waals surface area contributed by atoms with Crippen molar-refractivity contribution in [1.29, 1.82) is 0 Å². The minimum atomic E-state index is -1.08. The summed E-state index contributed by atoms with van der Waals surface area (Å²) in [5, 5.41) is 8.82. The first-order valence-corrected chi connectivity index (χ1v) is 8.15. The molecule has 1 atom stereocenters. The Hall–Kier alpha value is -1.60. The van der Waals surface area contributed by atoms with Gasteiger partial charge in [0, 0.05) is 5.92 Å². The van der Waals surface area contributed by atoms with Crippen LogP contribution in [0.25, 0.3) is 0 Å². The van der Waals surface area contributed by atoms with Crippen LogP contribution in [0.1, 0.15) is 20.3 Å². The van der Waals surface area contributed by atoms with E-state index in [-0.39, 0.29) is 16.1 Å². The molecule has 1 saturated heterocycles. The van der Waals surface area contributed by atoms with E-state index >= 15 is 0 Å². The lowest BCUT2D eigenvalue weighted by atomic mass is 9.93. The first-order chi connectivity index (χ1) is 10.4. The number of carboxylic acids is 1. The normalized spacial score (nSPS) is 23.6. The minimum Gasteiger partial charge on any atom is -0.498 e. The molecule has 0 saturated carbocycles. The number of thioether (sulfide) groups is 1. The van der Waals surface area contributed by atoms with Gasteiger partial charge in [0.25, 0.3) is 5.91 Å². The van der Waals surface area contributed by atoms with Crippen LogP contribution in [0, 0.1) is 5.92 Å². The quantitative estimate of drug-likeness (QED) is 0.614. The number of hydrogen-bond donors (Lipinski definition) is 1. The van der Waals surface area contributed by atoms with Crippen molar-refractivity contribution >= 4 is 40.2 Å². The number of carbonyl (C=O) groups excluding carboxylic acids is 1. The van der Waals surface area contributed by atoms with Crippen molar-refractivity contribution in [3.8, 4) is 0 Å². The average molecular weight is 339 g/mol. The monoisotopic (exact) mass is 339 g/mol. The molecule has 1 heterocycles. The van der Waals surface area contributed by atoms with Crippen LogP contribution in [0.2, 0.25) is 0 Å². The highest BCUT2D eigenvalue weighted by molar-refractivity contribution is 8.26. The molecule has 1 N–H and O–H groups in total. The smallest absolute Gasteiger partial charge is 0.323 e. The highest BCUT2D eigenvalue weighted by Crippen LogP contribution is 2.34. The Labute approximate surface area is 138 Å². The van der Waals surface area contributed by atoms with Gasteiger partial charge in [-0.2, -0.15) is 0 Å². The van der Waals surface area contributed by atoms with Gasteiger partial charge in [-0.05, 0) is 31.1 Å². The van der Waals surface area contributed by atoms with Crippen molar-refractivity contribution in [2.24, 2.45) is 5.92 Å². The molecular weight excluding hydrogens is 322 g/mol. The zero-order valence-electron chi connectivity index (χ0n) is 12.4. The third kappa shape index (κ3) is 3.78. The van der Waals surface area contributed by atoms with Crippen LogP contribution in [0.15, 0.2) is 34.5 Å². The second-order valence-electron chi connectivity index (χ2n) is 5.01. The lowest BCUT2D eigenvalue weighted by Gasteiger charge is -2.20. The molecule has 2 aliphatic rings. The first kappa shape index (κ1) is 16.8. The fourth-order valence-corrected chi connectivity index (χ4v) is 3.55. The van der Waals surface area contributed by atoms with Crippen LogP contribution in [0.3, 0.4) is 0 Å². The van der Waals surface area contributed by atoms with E-state index in [2.05, 4.69) is 6.92 Å². The molecule has 0 aromatic rings. The Morgan fingerprint density at radius 2 is 2.32 bits per heavy atom. The van der Waals surface area contributed by atoms with Crippen LogP contribution in [0.5, 0.6) is 0 Å². The third-order valence-corrected chi connectivity index (χ3v) is 4.66. The fourth-order valence-electron chi connectivity index (χ4n) is 2.28. The number of amides is 1. The van der Waals surface area contributed by atoms with Crippen molar-refractivity contribution < 1.29 is 19.4 Å². The Morgan fingerprint density at radius 1 is 1.59 bits per heavy atom. The minimum absolute atomic E-state index is 0.250. The van der Waals surface area contributed by atoms with E-state index in [4.69, 9.17) is 22.1 Å². The number of thiocarbonyl (C=S) groups is 1. The molecule has 2 rings (SSSR count). The van der Waals surface area contributed by atoms with Crippen LogP contribution >= 0.6 is 24.0 Å². The molecule has 0 radical (unpaired) electrons. The van der Waals surface area contributed by atoms with Gasteiger partial charge in [-0.1, -0.05) is 37.0 Å². The Morgan fingerprint density at radius 3 is 2.91 bits per heavy atom. The molecule has 1 amide bonds. The second kappa shape index (κ2) is 7.11. The molecule has 1 aliphatic carbocycles. The predicted octanol–water partition coefficient (Wildman–Crippen LogP) is 2.70. The summed E-state index contributed by atoms with van der Waals surface area (Å²) in [6, 6.07) is 0. The number of carbonyl (C=O) groups is 2. The number of ether oxygens (including phenoxy) is 1. The van der Waals surface area contributed by atoms with Gasteiger partial charge in [0.1, 0.15) is 10.9 Å². The standard InChI is InChI=1S/C15H17NO4S2/c1-3-20-11-5-4-10(6-9(11)2)7-12-14(19)16(8-13(17)18)15(21)22-12/h4-5,7,9H,3,6,8H2,1-2H3,(H,17,18)/b12-7-. The van der Waals surface area contributed by atoms with E-state index in [0.717, 1.165) is 34.4 Å². The summed E-state index contributed by atoms with van der Waals surface area (Å²) in [5.41, 5.74) is 1.01. The summed E-state index contributed by atoms with van der Waals surface area (Å²) in [5.74, 6) is -0.226. The van der Waals surface area contributed by atoms with Gasteiger partial charge in [-0.25, -0.2) is 0 Å². The van der Waals surface area contributed by atoms with Crippen LogP contribution in [-0.4, -0.2) is 39.4 Å². The molecule has 0 bridgehead atoms. The maximum atomic E-state index is 12.2. The molecule has 5 nitrogen and oxygen atoms in total. The maximum Gasteiger partial charge on any atom is 0.323 e. The molecule has 0 spiro atoms. The lowest BCUT2D eigenvalue weighted by molar-refractivity contribution is -0.140. The molecule has 118 valence electrons. The zero-order chi connectivity index (χ0) is 16.3. The second-order valence-corrected chi connectivity index (χ2v) is 6.69. The number of carboxylic acid groups (broad SMARTS) is 1. The van der Waals surface area contributed by atoms with Crippen LogP contribution in [-0.2, 0) is 14.3 Å². The molecule has 1 unspecified atom stereocenters. The maximum absolute atomic E-state index is 12.2. The molecule has 0 aromatic carbocycles. The average Bonchev–Trinajstić information content (AvgIpc) is 2.69. The molecule has 22 heavy (non-hydrogen) atoms. The molecule has 7 heteroatoms. The largest absolute Gasteiger partial charge is 0.498 e. The third-order valence-electron chi connectivity index (χ3n) is 3.28. The van der Waals surface area contributed by atoms with E-state index in [1.807, 2.05) is 19.1 Å². The van der Waals surface area contributed by atoms with Gasteiger partial charge in [-0.3, -0.25) is 14.5 Å². The van der Waals surface area contributed by atoms with Gasteiger partial charge in [-0.15, -0.1) is 0 Å². The molecule has 1 fully saturated rings. The van der Waals surface area contributed by atoms with Crippen molar-refractivity contribution in [1.82, 2.24) is 4.90 Å². The fraction of sp³-hybridized carbons (Fsp3) is 0.400. The van der Waals surface area contributed by atoms with Gasteiger partial charge in [0.2, 0.25) is 0 Å². The van der Waals surface area contributed by atoms with E-state index in [9.17, 15) is 9.59 Å². The van der Waals surface area contributed by atoms with E-state index < -0.39 is 12.5 Å². The summed E-state index contributed by atoms with van der Waals surface area (Å²) < 4.78 is 5.83. The van der Waals surface area contributed by atoms with Crippen molar-refractivity contribution in [3.05, 3.63) is 34.5 Å². The van der Waals surface area contributed by atoms with E-state index in [1.165, 1.54) is 0 Å². The summed E-state index contributed by atoms with van der Waals surface area (Å²) in [4.78, 5) is 24.5. The van der Waals surface area contributed by atoms with Gasteiger partial charge >= 0.3 is 5.97 Å². The van der Waals surface area contributed by atoms with Gasteiger partial charge < -0.3 is 9.84 Å². The number of allylic oxidation sites excluding steroid dienone is 5. The zero-order valence-corrected chi connectivity index (χ0v) is 14.0. The summed E-state index contributed by atoms with van der Waals surface area (Å²) >= 11 is 6.21. The van der Waals surface area contributed by atoms with Crippen LogP contribution in [0.4, 0.5) is 0 Å². The molecular formula is C15H17NO4S2. The van der Waals surface area contributed by atoms with Crippen LogP contribution < -0.4 is 0 Å². The summed E-state index contributed by atoms with van der Waals surface area (Å²) in [7, 11) is 0. The highest BCUT2D eigenvalue weighted by Gasteiger charge is 2.33. The Kier molecular flexibility index (Phi) is 5.42. The van der Waals surface area contributed by atoms with Crippen molar-refractivity contribution in [2.45, 2.75) is 20.3 Å². The number of hydrogen-bond acceptors (Lipinski definition) is 5. The molecule has 1 aliphatic heterocycles. The SMILES string of the molecule is CCOC1=CC=C(/C=C2\SC(=S)N(CC(=O)O)C2=O)CC1C. The summed E-state index contributed by atoms with van der Waals surface area (Å²) in [6.07, 6.45) is 6.40. The Bertz CT molecular complexity index is 607.